The molecule has 1 saturated heterocycles. The molecule has 6 nitrogen and oxygen atoms in total. The summed E-state index contributed by atoms with van der Waals surface area (Å²) < 4.78 is 18.2. The fourth-order valence-corrected chi connectivity index (χ4v) is 3.49. The number of hydrogen-bond donors (Lipinski definition) is 3. The van der Waals surface area contributed by atoms with E-state index in [9.17, 15) is 14.0 Å². The van der Waals surface area contributed by atoms with E-state index in [1.165, 1.54) is 30.6 Å². The second kappa shape index (κ2) is 7.65. The van der Waals surface area contributed by atoms with Crippen LogP contribution in [0.3, 0.4) is 0 Å². The molecule has 2 heterocycles. The fourth-order valence-electron chi connectivity index (χ4n) is 3.49. The second-order valence-electron chi connectivity index (χ2n) is 6.45. The first kappa shape index (κ1) is 17.4. The van der Waals surface area contributed by atoms with Crippen molar-refractivity contribution in [1.29, 1.82) is 0 Å². The molecule has 0 aromatic heterocycles. The van der Waals surface area contributed by atoms with Gasteiger partial charge in [-0.15, -0.1) is 0 Å². The number of benzene rings is 1. The zero-order valence-corrected chi connectivity index (χ0v) is 14.2. The van der Waals surface area contributed by atoms with E-state index in [1.807, 2.05) is 0 Å². The van der Waals surface area contributed by atoms with Gasteiger partial charge < -0.3 is 20.3 Å². The molecule has 25 heavy (non-hydrogen) atoms. The molecule has 0 spiro atoms. The van der Waals surface area contributed by atoms with Gasteiger partial charge in [0.1, 0.15) is 12.4 Å². The summed E-state index contributed by atoms with van der Waals surface area (Å²) in [5.74, 6) is -0.862. The minimum absolute atomic E-state index is 0.367. The number of amides is 2. The van der Waals surface area contributed by atoms with E-state index in [4.69, 9.17) is 4.74 Å². The number of halogens is 1. The zero-order valence-electron chi connectivity index (χ0n) is 14.2. The maximum atomic E-state index is 13.2. The molecule has 7 heteroatoms. The quantitative estimate of drug-likeness (QED) is 0.701. The minimum atomic E-state index is -0.652. The van der Waals surface area contributed by atoms with Crippen molar-refractivity contribution in [1.82, 2.24) is 10.6 Å². The van der Waals surface area contributed by atoms with E-state index >= 15 is 0 Å². The molecule has 0 unspecified atom stereocenters. The van der Waals surface area contributed by atoms with Crippen LogP contribution in [0.15, 0.2) is 35.5 Å². The summed E-state index contributed by atoms with van der Waals surface area (Å²) in [4.78, 5) is 25.9. The van der Waals surface area contributed by atoms with Gasteiger partial charge in [-0.1, -0.05) is 12.1 Å². The number of likely N-dealkylation sites (tertiary alicyclic amines) is 1. The number of piperidine rings is 1. The van der Waals surface area contributed by atoms with Crippen molar-refractivity contribution in [2.24, 2.45) is 0 Å². The van der Waals surface area contributed by atoms with Crippen LogP contribution in [0.25, 0.3) is 0 Å². The van der Waals surface area contributed by atoms with Crippen LogP contribution < -0.4 is 15.5 Å². The van der Waals surface area contributed by atoms with Crippen LogP contribution in [-0.2, 0) is 9.53 Å². The largest absolute Gasteiger partial charge is 0.466 e. The van der Waals surface area contributed by atoms with Gasteiger partial charge in [-0.25, -0.2) is 14.0 Å². The highest BCUT2D eigenvalue weighted by Crippen LogP contribution is 2.27. The Labute approximate surface area is 146 Å². The third kappa shape index (κ3) is 3.99. The van der Waals surface area contributed by atoms with E-state index < -0.39 is 12.0 Å². The van der Waals surface area contributed by atoms with Gasteiger partial charge in [0, 0.05) is 0 Å². The van der Waals surface area contributed by atoms with Crippen LogP contribution in [0, 0.1) is 5.82 Å². The maximum absolute atomic E-state index is 13.2. The highest BCUT2D eigenvalue weighted by atomic mass is 19.1. The molecule has 1 atom stereocenters. The van der Waals surface area contributed by atoms with Crippen LogP contribution >= 0.6 is 0 Å². The molecule has 2 amide bonds. The summed E-state index contributed by atoms with van der Waals surface area (Å²) in [7, 11) is 1.32. The Morgan fingerprint density at radius 3 is 2.56 bits per heavy atom. The molecule has 1 fully saturated rings. The summed E-state index contributed by atoms with van der Waals surface area (Å²) >= 11 is 0. The predicted molar refractivity (Wildman–Crippen MR) is 89.3 cm³/mol. The number of urea groups is 1. The number of rotatable bonds is 4. The molecule has 0 aliphatic carbocycles. The van der Waals surface area contributed by atoms with E-state index in [0.29, 0.717) is 23.4 Å². The molecule has 3 rings (SSSR count). The van der Waals surface area contributed by atoms with Gasteiger partial charge >= 0.3 is 12.0 Å². The molecular weight excluding hydrogens is 325 g/mol. The average Bonchev–Trinajstić information content (AvgIpc) is 2.62. The number of nitrogens with one attached hydrogen (secondary N) is 3. The first-order valence-electron chi connectivity index (χ1n) is 8.56. The van der Waals surface area contributed by atoms with Gasteiger partial charge in [0.15, 0.2) is 0 Å². The van der Waals surface area contributed by atoms with Crippen LogP contribution in [0.4, 0.5) is 9.18 Å². The first-order chi connectivity index (χ1) is 12.1. The van der Waals surface area contributed by atoms with Crippen LogP contribution in [0.5, 0.6) is 0 Å². The lowest BCUT2D eigenvalue weighted by Crippen LogP contribution is -3.13. The molecule has 134 valence electrons. The van der Waals surface area contributed by atoms with Gasteiger partial charge in [0.05, 0.1) is 37.5 Å². The number of ether oxygens (including phenoxy) is 1. The van der Waals surface area contributed by atoms with Crippen molar-refractivity contribution in [3.8, 4) is 0 Å². The number of quaternary nitrogens is 1. The smallest absolute Gasteiger partial charge is 0.338 e. The molecule has 0 saturated carbocycles. The van der Waals surface area contributed by atoms with Crippen molar-refractivity contribution in [2.75, 3.05) is 26.7 Å². The minimum Gasteiger partial charge on any atom is -0.466 e. The van der Waals surface area contributed by atoms with Crippen molar-refractivity contribution in [3.63, 3.8) is 0 Å². The Morgan fingerprint density at radius 2 is 1.92 bits per heavy atom. The fraction of sp³-hybridized carbons (Fsp3) is 0.444. The van der Waals surface area contributed by atoms with Crippen LogP contribution in [0.1, 0.15) is 30.9 Å². The number of carbonyl (C=O) groups excluding carboxylic acids is 2. The lowest BCUT2D eigenvalue weighted by atomic mass is 9.94. The average molecular weight is 348 g/mol. The number of methoxy groups -OCH3 is 1. The van der Waals surface area contributed by atoms with Gasteiger partial charge in [-0.3, -0.25) is 0 Å². The summed E-state index contributed by atoms with van der Waals surface area (Å²) in [6, 6.07) is 4.75. The predicted octanol–water partition coefficient (Wildman–Crippen LogP) is 0.676. The number of hydrogen-bond acceptors (Lipinski definition) is 3. The van der Waals surface area contributed by atoms with E-state index in [0.717, 1.165) is 25.9 Å². The van der Waals surface area contributed by atoms with Gasteiger partial charge in [0.2, 0.25) is 0 Å². The monoisotopic (exact) mass is 348 g/mol. The second-order valence-corrected chi connectivity index (χ2v) is 6.45. The first-order valence-corrected chi connectivity index (χ1v) is 8.56. The van der Waals surface area contributed by atoms with Crippen molar-refractivity contribution < 1.29 is 23.6 Å². The Balaban J connectivity index is 1.96. The normalized spacial score (nSPS) is 21.5. The van der Waals surface area contributed by atoms with Crippen molar-refractivity contribution >= 4 is 12.0 Å². The Hall–Kier alpha value is -2.41. The molecule has 0 radical (unpaired) electrons. The van der Waals surface area contributed by atoms with Gasteiger partial charge in [-0.05, 0) is 37.0 Å². The van der Waals surface area contributed by atoms with E-state index in [2.05, 4.69) is 10.6 Å². The van der Waals surface area contributed by atoms with E-state index in [1.54, 1.807) is 12.1 Å². The van der Waals surface area contributed by atoms with Crippen LogP contribution in [0.2, 0.25) is 0 Å². The number of esters is 1. The van der Waals surface area contributed by atoms with Crippen molar-refractivity contribution in [3.05, 3.63) is 46.9 Å². The third-order valence-corrected chi connectivity index (χ3v) is 4.75. The summed E-state index contributed by atoms with van der Waals surface area (Å²) in [5.41, 5.74) is 1.61. The maximum Gasteiger partial charge on any atom is 0.338 e. The molecule has 1 aromatic carbocycles. The van der Waals surface area contributed by atoms with Gasteiger partial charge in [-0.2, -0.15) is 0 Å². The van der Waals surface area contributed by atoms with Crippen molar-refractivity contribution in [2.45, 2.75) is 25.3 Å². The highest BCUT2D eigenvalue weighted by molar-refractivity contribution is 5.95. The van der Waals surface area contributed by atoms with Gasteiger partial charge in [0.25, 0.3) is 0 Å². The Kier molecular flexibility index (Phi) is 5.33. The topological polar surface area (TPSA) is 71.9 Å². The SMILES string of the molecule is COC(=O)C1=C(C[NH+]2CCCCC2)NC(=O)N[C@H]1c1ccc(F)cc1. The molecule has 0 bridgehead atoms. The Bertz CT molecular complexity index is 681. The molecular formula is C18H23FN3O3+. The molecule has 2 aliphatic heterocycles. The number of carbonyl (C=O) groups is 2. The summed E-state index contributed by atoms with van der Waals surface area (Å²) in [6.07, 6.45) is 3.51. The molecule has 3 N–H and O–H groups in total. The molecule has 2 aliphatic rings. The lowest BCUT2D eigenvalue weighted by molar-refractivity contribution is -0.900. The van der Waals surface area contributed by atoms with Crippen LogP contribution in [-0.4, -0.2) is 38.7 Å². The molecule has 1 aromatic rings. The highest BCUT2D eigenvalue weighted by Gasteiger charge is 2.35. The third-order valence-electron chi connectivity index (χ3n) is 4.75. The zero-order chi connectivity index (χ0) is 17.8. The summed E-state index contributed by atoms with van der Waals surface area (Å²) in [5, 5.41) is 5.52. The lowest BCUT2D eigenvalue weighted by Gasteiger charge is -2.31. The summed E-state index contributed by atoms with van der Waals surface area (Å²) in [6.45, 7) is 2.60. The van der Waals surface area contributed by atoms with E-state index in [-0.39, 0.29) is 11.8 Å². The standard InChI is InChI=1S/C18H22FN3O3/c1-25-17(23)15-14(11-22-9-3-2-4-10-22)20-18(24)21-16(15)12-5-7-13(19)8-6-12/h5-8,16H,2-4,9-11H2,1H3,(H2,20,21,24)/p+1/t16-/m0/s1. The Morgan fingerprint density at radius 1 is 1.24 bits per heavy atom.